The number of nitriles is 2. The van der Waals surface area contributed by atoms with Crippen LogP contribution in [0.1, 0.15) is 13.8 Å². The highest BCUT2D eigenvalue weighted by Gasteiger charge is 2.12. The monoisotopic (exact) mass is 150 g/mol. The number of aliphatic hydroxyl groups excluding tert-OH is 1. The maximum Gasteiger partial charge on any atom is 0.139 e. The topological polar surface area (TPSA) is 67.8 Å². The van der Waals surface area contributed by atoms with Gasteiger partial charge in [-0.3, -0.25) is 0 Å². The van der Waals surface area contributed by atoms with E-state index in [4.69, 9.17) is 15.6 Å². The molecule has 0 radical (unpaired) electrons. The second-order valence-corrected chi connectivity index (χ2v) is 2.40. The summed E-state index contributed by atoms with van der Waals surface area (Å²) in [6.07, 6.45) is 1.50. The van der Waals surface area contributed by atoms with Crippen LogP contribution >= 0.6 is 0 Å². The van der Waals surface area contributed by atoms with E-state index in [1.807, 2.05) is 12.1 Å². The molecule has 0 fully saturated rings. The van der Waals surface area contributed by atoms with Gasteiger partial charge in [0.2, 0.25) is 0 Å². The quantitative estimate of drug-likeness (QED) is 0.609. The van der Waals surface area contributed by atoms with E-state index in [-0.39, 0.29) is 11.7 Å². The molecule has 1 unspecified atom stereocenters. The van der Waals surface area contributed by atoms with E-state index in [9.17, 15) is 0 Å². The fourth-order valence-corrected chi connectivity index (χ4v) is 0.741. The van der Waals surface area contributed by atoms with Gasteiger partial charge < -0.3 is 5.11 Å². The fraction of sp³-hybridized carbons (Fsp3) is 0.500. The molecule has 11 heavy (non-hydrogen) atoms. The maximum atomic E-state index is 8.80. The molecule has 1 N–H and O–H groups in total. The summed E-state index contributed by atoms with van der Waals surface area (Å²) in [6, 6.07) is 3.68. The van der Waals surface area contributed by atoms with Crippen molar-refractivity contribution >= 4 is 0 Å². The molecule has 0 heterocycles. The van der Waals surface area contributed by atoms with Crippen LogP contribution < -0.4 is 0 Å². The highest BCUT2D eigenvalue weighted by atomic mass is 16.3. The van der Waals surface area contributed by atoms with Gasteiger partial charge in [-0.05, 0) is 13.0 Å². The third-order valence-corrected chi connectivity index (χ3v) is 1.31. The van der Waals surface area contributed by atoms with Crippen LogP contribution in [0, 0.1) is 34.5 Å². The van der Waals surface area contributed by atoms with E-state index >= 15 is 0 Å². The molecule has 3 nitrogen and oxygen atoms in total. The Morgan fingerprint density at radius 1 is 1.45 bits per heavy atom. The SMILES string of the molecule is C/C(O)=C/C(C)C(C#N)C#N. The predicted octanol–water partition coefficient (Wildman–Crippen LogP) is 1.75. The van der Waals surface area contributed by atoms with Crippen molar-refractivity contribution in [2.24, 2.45) is 11.8 Å². The summed E-state index contributed by atoms with van der Waals surface area (Å²) < 4.78 is 0. The smallest absolute Gasteiger partial charge is 0.139 e. The average molecular weight is 150 g/mol. The molecule has 0 rings (SSSR count). The van der Waals surface area contributed by atoms with Crippen LogP contribution in [0.4, 0.5) is 0 Å². The van der Waals surface area contributed by atoms with E-state index in [0.717, 1.165) is 0 Å². The molecule has 0 spiro atoms. The van der Waals surface area contributed by atoms with Crippen molar-refractivity contribution in [3.05, 3.63) is 11.8 Å². The Morgan fingerprint density at radius 3 is 2.18 bits per heavy atom. The molecule has 0 aromatic carbocycles. The molecule has 0 aromatic heterocycles. The molecule has 1 atom stereocenters. The van der Waals surface area contributed by atoms with Crippen molar-refractivity contribution in [1.82, 2.24) is 0 Å². The van der Waals surface area contributed by atoms with E-state index in [0.29, 0.717) is 0 Å². The Bertz CT molecular complexity index is 213. The molecule has 0 aromatic rings. The Balaban J connectivity index is 4.28. The van der Waals surface area contributed by atoms with Crippen LogP contribution in [0.15, 0.2) is 11.8 Å². The van der Waals surface area contributed by atoms with Crippen LogP contribution in [0.2, 0.25) is 0 Å². The summed E-state index contributed by atoms with van der Waals surface area (Å²) in [7, 11) is 0. The van der Waals surface area contributed by atoms with Crippen LogP contribution in [0.5, 0.6) is 0 Å². The molecule has 3 heteroatoms. The highest BCUT2D eigenvalue weighted by Crippen LogP contribution is 2.12. The van der Waals surface area contributed by atoms with E-state index in [2.05, 4.69) is 0 Å². The lowest BCUT2D eigenvalue weighted by atomic mass is 9.96. The zero-order valence-corrected chi connectivity index (χ0v) is 6.57. The van der Waals surface area contributed by atoms with Crippen molar-refractivity contribution < 1.29 is 5.11 Å². The zero-order chi connectivity index (χ0) is 8.85. The van der Waals surface area contributed by atoms with E-state index in [1.165, 1.54) is 13.0 Å². The van der Waals surface area contributed by atoms with Crippen molar-refractivity contribution in [3.8, 4) is 12.1 Å². The number of allylic oxidation sites excluding steroid dienone is 2. The highest BCUT2D eigenvalue weighted by molar-refractivity contribution is 5.07. The van der Waals surface area contributed by atoms with Crippen molar-refractivity contribution in [2.45, 2.75) is 13.8 Å². The Kier molecular flexibility index (Phi) is 3.77. The maximum absolute atomic E-state index is 8.80. The molecule has 0 bridgehead atoms. The van der Waals surface area contributed by atoms with Gasteiger partial charge in [0.1, 0.15) is 5.92 Å². The summed E-state index contributed by atoms with van der Waals surface area (Å²) in [5.74, 6) is -0.736. The molecule has 0 aliphatic rings. The van der Waals surface area contributed by atoms with Crippen LogP contribution in [-0.4, -0.2) is 5.11 Å². The third kappa shape index (κ3) is 3.27. The van der Waals surface area contributed by atoms with Crippen LogP contribution in [0.3, 0.4) is 0 Å². The number of hydrogen-bond acceptors (Lipinski definition) is 3. The van der Waals surface area contributed by atoms with Crippen LogP contribution in [0.25, 0.3) is 0 Å². The number of aliphatic hydroxyl groups is 1. The minimum atomic E-state index is -0.669. The van der Waals surface area contributed by atoms with Crippen LogP contribution in [-0.2, 0) is 0 Å². The Labute approximate surface area is 66.2 Å². The van der Waals surface area contributed by atoms with Gasteiger partial charge in [0.05, 0.1) is 17.9 Å². The van der Waals surface area contributed by atoms with E-state index in [1.54, 1.807) is 6.92 Å². The van der Waals surface area contributed by atoms with Gasteiger partial charge in [-0.1, -0.05) is 6.92 Å². The van der Waals surface area contributed by atoms with Gasteiger partial charge in [-0.15, -0.1) is 0 Å². The molecule has 0 aliphatic carbocycles. The predicted molar refractivity (Wildman–Crippen MR) is 40.3 cm³/mol. The number of hydrogen-bond donors (Lipinski definition) is 1. The lowest BCUT2D eigenvalue weighted by molar-refractivity contribution is 0.403. The van der Waals surface area contributed by atoms with Gasteiger partial charge in [0.15, 0.2) is 0 Å². The molecule has 0 aliphatic heterocycles. The first kappa shape index (κ1) is 9.52. The van der Waals surface area contributed by atoms with Gasteiger partial charge in [-0.2, -0.15) is 10.5 Å². The lowest BCUT2D eigenvalue weighted by Gasteiger charge is -2.04. The normalized spacial score (nSPS) is 13.7. The third-order valence-electron chi connectivity index (χ3n) is 1.31. The fourth-order valence-electron chi connectivity index (χ4n) is 0.741. The van der Waals surface area contributed by atoms with Gasteiger partial charge in [-0.25, -0.2) is 0 Å². The Morgan fingerprint density at radius 2 is 1.91 bits per heavy atom. The molecular weight excluding hydrogens is 140 g/mol. The molecule has 58 valence electrons. The summed E-state index contributed by atoms with van der Waals surface area (Å²) >= 11 is 0. The summed E-state index contributed by atoms with van der Waals surface area (Å²) in [6.45, 7) is 3.24. The van der Waals surface area contributed by atoms with Gasteiger partial charge >= 0.3 is 0 Å². The first-order chi connectivity index (χ1) is 5.11. The second-order valence-electron chi connectivity index (χ2n) is 2.40. The second kappa shape index (κ2) is 4.35. The summed E-state index contributed by atoms with van der Waals surface area (Å²) in [5.41, 5.74) is 0. The van der Waals surface area contributed by atoms with Crippen molar-refractivity contribution in [1.29, 1.82) is 10.5 Å². The summed E-state index contributed by atoms with van der Waals surface area (Å²) in [5, 5.41) is 25.7. The number of rotatable bonds is 2. The minimum absolute atomic E-state index is 0.146. The standard InChI is InChI=1S/C8H10N2O/c1-6(3-7(2)11)8(4-9)5-10/h3,6,8,11H,1-2H3/b7-3-. The molecule has 0 saturated heterocycles. The lowest BCUT2D eigenvalue weighted by Crippen LogP contribution is -2.04. The van der Waals surface area contributed by atoms with Crippen molar-refractivity contribution in [2.75, 3.05) is 0 Å². The molecule has 0 saturated carbocycles. The number of nitrogens with zero attached hydrogens (tertiary/aromatic N) is 2. The minimum Gasteiger partial charge on any atom is -0.513 e. The molecule has 0 amide bonds. The van der Waals surface area contributed by atoms with Gasteiger partial charge in [0, 0.05) is 5.92 Å². The van der Waals surface area contributed by atoms with E-state index < -0.39 is 5.92 Å². The first-order valence-electron chi connectivity index (χ1n) is 3.28. The largest absolute Gasteiger partial charge is 0.513 e. The Hall–Kier alpha value is -1.48. The average Bonchev–Trinajstić information content (AvgIpc) is 1.88. The summed E-state index contributed by atoms with van der Waals surface area (Å²) in [4.78, 5) is 0. The first-order valence-corrected chi connectivity index (χ1v) is 3.28. The molecular formula is C8H10N2O. The van der Waals surface area contributed by atoms with Gasteiger partial charge in [0.25, 0.3) is 0 Å². The zero-order valence-electron chi connectivity index (χ0n) is 6.57. The van der Waals surface area contributed by atoms with Crippen molar-refractivity contribution in [3.63, 3.8) is 0 Å².